The van der Waals surface area contributed by atoms with Crippen molar-refractivity contribution >= 4 is 46.2 Å². The van der Waals surface area contributed by atoms with Gasteiger partial charge in [0.2, 0.25) is 9.37 Å². The number of benzene rings is 1. The van der Waals surface area contributed by atoms with Crippen molar-refractivity contribution in [3.8, 4) is 5.75 Å². The van der Waals surface area contributed by atoms with Gasteiger partial charge in [-0.2, -0.15) is 5.10 Å². The number of esters is 2. The van der Waals surface area contributed by atoms with E-state index in [2.05, 4.69) is 5.10 Å². The molecule has 0 unspecified atom stereocenters. The molecule has 0 saturated carbocycles. The highest BCUT2D eigenvalue weighted by Gasteiger charge is 2.56. The minimum Gasteiger partial charge on any atom is -0.497 e. The van der Waals surface area contributed by atoms with E-state index in [0.717, 1.165) is 11.4 Å². The molecule has 2 aliphatic heterocycles. The third kappa shape index (κ3) is 3.78. The molecule has 0 saturated heterocycles. The molecule has 2 heterocycles. The zero-order valence-electron chi connectivity index (χ0n) is 16.9. The van der Waals surface area contributed by atoms with Gasteiger partial charge in [0.15, 0.2) is 0 Å². The van der Waals surface area contributed by atoms with E-state index < -0.39 is 16.3 Å². The molecule has 0 amide bonds. The highest BCUT2D eigenvalue weighted by molar-refractivity contribution is 8.28. The van der Waals surface area contributed by atoms with Gasteiger partial charge >= 0.3 is 11.9 Å². The minimum atomic E-state index is -0.886. The topological polar surface area (TPSA) is 80.7 Å². The minimum absolute atomic E-state index is 0.222. The fourth-order valence-corrected chi connectivity index (χ4v) is 5.74. The number of hydrogen-bond donors (Lipinski definition) is 0. The molecule has 0 aromatic heterocycles. The predicted molar refractivity (Wildman–Crippen MR) is 115 cm³/mol. The van der Waals surface area contributed by atoms with E-state index in [1.807, 2.05) is 43.1 Å². The van der Waals surface area contributed by atoms with Crippen LogP contribution in [0.25, 0.3) is 0 Å². The molecule has 2 aliphatic rings. The average molecular weight is 438 g/mol. The third-order valence-corrected chi connectivity index (χ3v) is 7.44. The fraction of sp³-hybridized carbons (Fsp3) is 0.421. The number of carbonyl (C=O) groups is 2. The van der Waals surface area contributed by atoms with Crippen molar-refractivity contribution in [2.75, 3.05) is 32.4 Å². The van der Waals surface area contributed by atoms with Gasteiger partial charge in [-0.25, -0.2) is 14.6 Å². The Morgan fingerprint density at radius 1 is 1.07 bits per heavy atom. The Labute approximate surface area is 178 Å². The summed E-state index contributed by atoms with van der Waals surface area (Å²) >= 11 is 2.55. The van der Waals surface area contributed by atoms with E-state index in [0.29, 0.717) is 10.7 Å². The molecule has 156 valence electrons. The summed E-state index contributed by atoms with van der Waals surface area (Å²) in [5.41, 5.74) is 1.50. The maximum Gasteiger partial charge on any atom is 0.365 e. The van der Waals surface area contributed by atoms with Gasteiger partial charge in [-0.1, -0.05) is 11.8 Å². The molecule has 29 heavy (non-hydrogen) atoms. The van der Waals surface area contributed by atoms with Crippen LogP contribution >= 0.6 is 23.5 Å². The van der Waals surface area contributed by atoms with Crippen molar-refractivity contribution in [3.05, 3.63) is 34.9 Å². The van der Waals surface area contributed by atoms with Crippen molar-refractivity contribution in [2.24, 2.45) is 5.10 Å². The number of hydrazone groups is 1. The summed E-state index contributed by atoms with van der Waals surface area (Å²) in [6, 6.07) is 7.34. The lowest BCUT2D eigenvalue weighted by Gasteiger charge is -2.39. The molecule has 0 bridgehead atoms. The monoisotopic (exact) mass is 437 g/mol. The normalized spacial score (nSPS) is 20.9. The standard InChI is InChI=1S/C19H23N3O5S2/c1-6-26-17(23)15-12(3)21(4)19(28-15)22(13-8-10-14(25-5)11-9-13)20-16(29-19)18(24)27-7-2/h8-11H,6-7H2,1-5H3/t19-/m1/s1. The number of carbonyl (C=O) groups excluding carboxylic acids is 2. The number of methoxy groups -OCH3 is 1. The number of rotatable bonds is 6. The smallest absolute Gasteiger partial charge is 0.365 e. The molecule has 0 fully saturated rings. The quantitative estimate of drug-likeness (QED) is 0.623. The first-order valence-corrected chi connectivity index (χ1v) is 10.7. The maximum atomic E-state index is 12.5. The first kappa shape index (κ1) is 21.4. The molecule has 1 spiro atoms. The summed E-state index contributed by atoms with van der Waals surface area (Å²) in [5, 5.41) is 6.50. The Bertz CT molecular complexity index is 871. The van der Waals surface area contributed by atoms with Gasteiger partial charge in [0, 0.05) is 12.7 Å². The highest BCUT2D eigenvalue weighted by Crippen LogP contribution is 2.58. The lowest BCUT2D eigenvalue weighted by Crippen LogP contribution is -2.47. The number of anilines is 1. The molecule has 0 aliphatic carbocycles. The molecule has 8 nitrogen and oxygen atoms in total. The van der Waals surface area contributed by atoms with Gasteiger partial charge < -0.3 is 19.1 Å². The van der Waals surface area contributed by atoms with Crippen LogP contribution in [0, 0.1) is 0 Å². The van der Waals surface area contributed by atoms with Crippen LogP contribution in [0.5, 0.6) is 5.75 Å². The molecule has 1 aromatic carbocycles. The summed E-state index contributed by atoms with van der Waals surface area (Å²) in [6.07, 6.45) is 0. The Hall–Kier alpha value is -2.33. The van der Waals surface area contributed by atoms with Gasteiger partial charge in [0.1, 0.15) is 10.7 Å². The first-order valence-electron chi connectivity index (χ1n) is 9.07. The van der Waals surface area contributed by atoms with Crippen LogP contribution < -0.4 is 9.75 Å². The Morgan fingerprint density at radius 3 is 2.28 bits per heavy atom. The van der Waals surface area contributed by atoms with Crippen LogP contribution in [-0.2, 0) is 19.1 Å². The molecule has 3 rings (SSSR count). The van der Waals surface area contributed by atoms with E-state index in [4.69, 9.17) is 14.2 Å². The largest absolute Gasteiger partial charge is 0.497 e. The molecule has 1 aromatic rings. The van der Waals surface area contributed by atoms with E-state index in [1.165, 1.54) is 23.5 Å². The van der Waals surface area contributed by atoms with Crippen molar-refractivity contribution in [1.29, 1.82) is 0 Å². The van der Waals surface area contributed by atoms with Gasteiger partial charge in [-0.3, -0.25) is 0 Å². The highest BCUT2D eigenvalue weighted by atomic mass is 32.2. The van der Waals surface area contributed by atoms with Crippen molar-refractivity contribution < 1.29 is 23.8 Å². The Kier molecular flexibility index (Phi) is 6.33. The van der Waals surface area contributed by atoms with Gasteiger partial charge in [-0.15, -0.1) is 0 Å². The van der Waals surface area contributed by atoms with Crippen molar-refractivity contribution in [3.63, 3.8) is 0 Å². The first-order chi connectivity index (χ1) is 13.9. The van der Waals surface area contributed by atoms with Crippen LogP contribution in [0.15, 0.2) is 40.0 Å². The van der Waals surface area contributed by atoms with Crippen LogP contribution in [0.4, 0.5) is 5.69 Å². The van der Waals surface area contributed by atoms with Crippen molar-refractivity contribution in [2.45, 2.75) is 25.1 Å². The second kappa shape index (κ2) is 8.58. The number of allylic oxidation sites excluding steroid dienone is 1. The molecular weight excluding hydrogens is 414 g/mol. The lowest BCUT2D eigenvalue weighted by molar-refractivity contribution is -0.137. The number of ether oxygens (including phenoxy) is 3. The van der Waals surface area contributed by atoms with E-state index in [-0.39, 0.29) is 18.3 Å². The van der Waals surface area contributed by atoms with Gasteiger partial charge in [-0.05, 0) is 56.8 Å². The van der Waals surface area contributed by atoms with Crippen LogP contribution in [0.1, 0.15) is 20.8 Å². The summed E-state index contributed by atoms with van der Waals surface area (Å²) in [6.45, 7) is 5.90. The molecule has 0 radical (unpaired) electrons. The second-order valence-corrected chi connectivity index (χ2v) is 8.68. The Balaban J connectivity index is 2.01. The maximum absolute atomic E-state index is 12.5. The predicted octanol–water partition coefficient (Wildman–Crippen LogP) is 3.21. The Morgan fingerprint density at radius 2 is 1.69 bits per heavy atom. The molecule has 10 heteroatoms. The SMILES string of the molecule is CCOC(=O)C1=NN(c2ccc(OC)cc2)[C@@]2(S1)SC(C(=O)OCC)=C(C)N2C. The van der Waals surface area contributed by atoms with E-state index in [1.54, 1.807) is 26.0 Å². The number of thioether (sulfide) groups is 2. The van der Waals surface area contributed by atoms with Gasteiger partial charge in [0.25, 0.3) is 0 Å². The van der Waals surface area contributed by atoms with E-state index >= 15 is 0 Å². The number of hydrogen-bond acceptors (Lipinski definition) is 10. The summed E-state index contributed by atoms with van der Waals surface area (Å²) in [5.74, 6) is -0.180. The van der Waals surface area contributed by atoms with Crippen LogP contribution in [0.3, 0.4) is 0 Å². The second-order valence-electron chi connectivity index (χ2n) is 6.08. The van der Waals surface area contributed by atoms with Gasteiger partial charge in [0.05, 0.1) is 26.0 Å². The van der Waals surface area contributed by atoms with E-state index in [9.17, 15) is 9.59 Å². The third-order valence-electron chi connectivity index (χ3n) is 4.41. The zero-order valence-corrected chi connectivity index (χ0v) is 18.6. The van der Waals surface area contributed by atoms with Crippen LogP contribution in [-0.4, -0.2) is 53.6 Å². The number of nitrogens with zero attached hydrogens (tertiary/aromatic N) is 3. The zero-order chi connectivity index (χ0) is 21.2. The molecule has 0 N–H and O–H groups in total. The average Bonchev–Trinajstić information content (AvgIpc) is 3.23. The fourth-order valence-electron chi connectivity index (χ4n) is 2.86. The molecular formula is C19H23N3O5S2. The van der Waals surface area contributed by atoms with Crippen molar-refractivity contribution in [1.82, 2.24) is 4.90 Å². The molecule has 1 atom stereocenters. The summed E-state index contributed by atoms with van der Waals surface area (Å²) < 4.78 is 14.7. The lowest BCUT2D eigenvalue weighted by atomic mass is 10.3. The summed E-state index contributed by atoms with van der Waals surface area (Å²) in [4.78, 5) is 27.3. The summed E-state index contributed by atoms with van der Waals surface area (Å²) in [7, 11) is 3.46. The van der Waals surface area contributed by atoms with Crippen LogP contribution in [0.2, 0.25) is 0 Å².